The van der Waals surface area contributed by atoms with Crippen LogP contribution in [0.2, 0.25) is 19.6 Å². The molecule has 1 N–H and O–H groups in total. The van der Waals surface area contributed by atoms with Gasteiger partial charge in [0.15, 0.2) is 6.10 Å². The Morgan fingerprint density at radius 3 is 2.17 bits per heavy atom. The van der Waals surface area contributed by atoms with E-state index in [-0.39, 0.29) is 6.04 Å². The number of amides is 1. The smallest absolute Gasteiger partial charge is 0.415 e. The molecular formula is C25H29NO3Si. The number of ether oxygens (including phenoxy) is 1. The van der Waals surface area contributed by atoms with Crippen molar-refractivity contribution < 1.29 is 14.6 Å². The molecule has 3 rings (SSSR count). The number of hydrogen-bond donors (Lipinski definition) is 1. The lowest BCUT2D eigenvalue weighted by Crippen LogP contribution is -2.31. The first-order valence-electron chi connectivity index (χ1n) is 10.2. The maximum Gasteiger partial charge on any atom is 0.415 e. The summed E-state index contributed by atoms with van der Waals surface area (Å²) in [6.07, 6.45) is 3.68. The van der Waals surface area contributed by atoms with Gasteiger partial charge < -0.3 is 9.84 Å². The van der Waals surface area contributed by atoms with Crippen molar-refractivity contribution in [2.24, 2.45) is 0 Å². The van der Waals surface area contributed by atoms with Gasteiger partial charge in [-0.05, 0) is 23.2 Å². The third-order valence-electron chi connectivity index (χ3n) is 5.13. The van der Waals surface area contributed by atoms with E-state index in [1.165, 1.54) is 0 Å². The molecule has 1 heterocycles. The molecule has 0 aliphatic carbocycles. The van der Waals surface area contributed by atoms with Gasteiger partial charge in [0, 0.05) is 0 Å². The third kappa shape index (κ3) is 4.82. The van der Waals surface area contributed by atoms with Crippen LogP contribution < -0.4 is 0 Å². The van der Waals surface area contributed by atoms with E-state index in [0.717, 1.165) is 16.3 Å². The molecular weight excluding hydrogens is 390 g/mol. The minimum absolute atomic E-state index is 0.310. The fraction of sp³-hybridized carbons (Fsp3) is 0.280. The zero-order chi connectivity index (χ0) is 21.7. The topological polar surface area (TPSA) is 49.8 Å². The molecule has 5 heteroatoms. The highest BCUT2D eigenvalue weighted by molar-refractivity contribution is 6.83. The summed E-state index contributed by atoms with van der Waals surface area (Å²) in [5.74, 6) is 0. The number of nitrogens with zero attached hydrogens (tertiary/aromatic N) is 1. The first kappa shape index (κ1) is 21.8. The van der Waals surface area contributed by atoms with E-state index in [1.807, 2.05) is 73.7 Å². The quantitative estimate of drug-likeness (QED) is 0.367. The van der Waals surface area contributed by atoms with Gasteiger partial charge in [0.1, 0.15) is 6.04 Å². The Morgan fingerprint density at radius 1 is 1.07 bits per heavy atom. The average molecular weight is 420 g/mol. The predicted molar refractivity (Wildman–Crippen MR) is 122 cm³/mol. The molecule has 30 heavy (non-hydrogen) atoms. The SMILES string of the molecule is C/C=C/[C@H](O)C(=C=CN1C(=O)O[C@H](c2ccccc2)[C@@H]1c1ccccc1)[Si](C)(C)C. The molecule has 3 atom stereocenters. The highest BCUT2D eigenvalue weighted by Crippen LogP contribution is 2.43. The van der Waals surface area contributed by atoms with Crippen molar-refractivity contribution in [1.29, 1.82) is 0 Å². The number of aliphatic hydroxyl groups excluding tert-OH is 1. The lowest BCUT2D eigenvalue weighted by atomic mass is 9.96. The molecule has 0 bridgehead atoms. The van der Waals surface area contributed by atoms with Crippen molar-refractivity contribution in [3.05, 3.63) is 101 Å². The van der Waals surface area contributed by atoms with Crippen LogP contribution in [0, 0.1) is 0 Å². The first-order valence-corrected chi connectivity index (χ1v) is 13.7. The van der Waals surface area contributed by atoms with E-state index < -0.39 is 26.4 Å². The number of carbonyl (C=O) groups is 1. The summed E-state index contributed by atoms with van der Waals surface area (Å²) in [5, 5.41) is 11.4. The maximum absolute atomic E-state index is 12.9. The Bertz CT molecular complexity index is 957. The van der Waals surface area contributed by atoms with Gasteiger partial charge in [0.2, 0.25) is 0 Å². The molecule has 1 aliphatic rings. The van der Waals surface area contributed by atoms with E-state index in [9.17, 15) is 9.90 Å². The Morgan fingerprint density at radius 2 is 1.63 bits per heavy atom. The molecule has 1 aliphatic heterocycles. The van der Waals surface area contributed by atoms with Crippen molar-refractivity contribution in [1.82, 2.24) is 4.90 Å². The van der Waals surface area contributed by atoms with Gasteiger partial charge in [-0.15, -0.1) is 5.73 Å². The monoisotopic (exact) mass is 419 g/mol. The van der Waals surface area contributed by atoms with Crippen LogP contribution in [0.4, 0.5) is 4.79 Å². The maximum atomic E-state index is 12.9. The van der Waals surface area contributed by atoms with Gasteiger partial charge in [-0.1, -0.05) is 92.5 Å². The van der Waals surface area contributed by atoms with Crippen LogP contribution in [0.1, 0.15) is 30.2 Å². The van der Waals surface area contributed by atoms with Crippen LogP contribution in [0.25, 0.3) is 0 Å². The predicted octanol–water partition coefficient (Wildman–Crippen LogP) is 5.77. The second kappa shape index (κ2) is 9.31. The van der Waals surface area contributed by atoms with Crippen LogP contribution in [-0.4, -0.2) is 30.3 Å². The largest absolute Gasteiger partial charge is 0.438 e. The Balaban J connectivity index is 2.09. The summed E-state index contributed by atoms with van der Waals surface area (Å²) < 4.78 is 5.79. The molecule has 0 radical (unpaired) electrons. The van der Waals surface area contributed by atoms with Gasteiger partial charge in [0.25, 0.3) is 0 Å². The minimum atomic E-state index is -1.87. The molecule has 0 spiro atoms. The van der Waals surface area contributed by atoms with Crippen molar-refractivity contribution in [3.8, 4) is 0 Å². The second-order valence-electron chi connectivity index (χ2n) is 8.39. The van der Waals surface area contributed by atoms with Gasteiger partial charge in [-0.2, -0.15) is 0 Å². The van der Waals surface area contributed by atoms with Crippen molar-refractivity contribution in [2.45, 2.75) is 44.8 Å². The molecule has 0 unspecified atom stereocenters. The van der Waals surface area contributed by atoms with Crippen LogP contribution in [0.3, 0.4) is 0 Å². The lowest BCUT2D eigenvalue weighted by molar-refractivity contribution is 0.131. The number of rotatable bonds is 6. The van der Waals surface area contributed by atoms with Gasteiger partial charge in [-0.3, -0.25) is 4.90 Å². The molecule has 0 saturated carbocycles. The van der Waals surface area contributed by atoms with Crippen molar-refractivity contribution >= 4 is 14.2 Å². The molecule has 1 fully saturated rings. The minimum Gasteiger partial charge on any atom is -0.438 e. The number of carbonyl (C=O) groups excluding carboxylic acids is 1. The third-order valence-corrected chi connectivity index (χ3v) is 7.19. The zero-order valence-corrected chi connectivity index (χ0v) is 18.9. The Labute approximate surface area is 179 Å². The number of benzene rings is 2. The fourth-order valence-electron chi connectivity index (χ4n) is 3.67. The number of cyclic esters (lactones) is 1. The van der Waals surface area contributed by atoms with Crippen molar-refractivity contribution in [3.63, 3.8) is 0 Å². The normalized spacial score (nSPS) is 20.0. The van der Waals surface area contributed by atoms with E-state index in [0.29, 0.717) is 0 Å². The molecule has 1 saturated heterocycles. The number of allylic oxidation sites excluding steroid dienone is 1. The molecule has 4 nitrogen and oxygen atoms in total. The summed E-state index contributed by atoms with van der Waals surface area (Å²) in [6, 6.07) is 19.3. The second-order valence-corrected chi connectivity index (χ2v) is 13.4. The highest BCUT2D eigenvalue weighted by atomic mass is 28.3. The van der Waals surface area contributed by atoms with Crippen LogP contribution in [0.5, 0.6) is 0 Å². The van der Waals surface area contributed by atoms with E-state index in [1.54, 1.807) is 17.2 Å². The summed E-state index contributed by atoms with van der Waals surface area (Å²) >= 11 is 0. The Hall–Kier alpha value is -2.85. The van der Waals surface area contributed by atoms with Crippen molar-refractivity contribution in [2.75, 3.05) is 0 Å². The van der Waals surface area contributed by atoms with E-state index >= 15 is 0 Å². The molecule has 2 aromatic carbocycles. The Kier molecular flexibility index (Phi) is 6.78. The summed E-state index contributed by atoms with van der Waals surface area (Å²) in [6.45, 7) is 8.33. The van der Waals surface area contributed by atoms with Crippen LogP contribution in [0.15, 0.2) is 89.9 Å². The number of aliphatic hydroxyl groups is 1. The molecule has 156 valence electrons. The molecule has 2 aromatic rings. The van der Waals surface area contributed by atoms with Gasteiger partial charge >= 0.3 is 6.09 Å². The van der Waals surface area contributed by atoms with Crippen LogP contribution >= 0.6 is 0 Å². The average Bonchev–Trinajstić information content (AvgIpc) is 3.05. The molecule has 1 amide bonds. The summed E-state index contributed by atoms with van der Waals surface area (Å²) in [5.41, 5.74) is 5.19. The number of hydrogen-bond acceptors (Lipinski definition) is 3. The molecule has 0 aromatic heterocycles. The highest BCUT2D eigenvalue weighted by Gasteiger charge is 2.42. The lowest BCUT2D eigenvalue weighted by Gasteiger charge is -2.24. The fourth-order valence-corrected chi connectivity index (χ4v) is 5.15. The summed E-state index contributed by atoms with van der Waals surface area (Å²) in [7, 11) is -1.87. The first-order chi connectivity index (χ1) is 14.3. The van der Waals surface area contributed by atoms with E-state index in [4.69, 9.17) is 4.74 Å². The van der Waals surface area contributed by atoms with Gasteiger partial charge in [-0.25, -0.2) is 4.79 Å². The zero-order valence-electron chi connectivity index (χ0n) is 17.9. The van der Waals surface area contributed by atoms with E-state index in [2.05, 4.69) is 25.4 Å². The summed E-state index contributed by atoms with van der Waals surface area (Å²) in [4.78, 5) is 14.5. The standard InChI is InChI=1S/C25H29NO3Si/c1-5-12-21(27)22(30(2,3)4)17-18-26-23(19-13-8-6-9-14-19)24(29-25(26)28)20-15-10-7-11-16-20/h5-16,18,21,23-24,27H,1-4H3/b12-5+/t17?,21-,23-,24+/m0/s1. The van der Waals surface area contributed by atoms with Crippen LogP contribution in [-0.2, 0) is 4.74 Å². The van der Waals surface area contributed by atoms with Gasteiger partial charge in [0.05, 0.1) is 20.4 Å².